The van der Waals surface area contributed by atoms with Crippen molar-refractivity contribution in [1.29, 1.82) is 5.26 Å². The number of nitrogens with two attached hydrogens (primary N) is 1. The number of rotatable bonds is 6. The number of benzene rings is 3. The standard InChI is InChI=1S/C28H25ClN4O4/c29-19-4-8-22(9-5-19)37-28(35)33-12-11-23-24-13-17(14-30)1-10-25(24)32-26(23)27(33)18-2-6-21(7-3-18)36-16-20(34)15-31/h1-10,13,20,27,32,34H,11-12,15-16,31H2. The number of aromatic nitrogens is 1. The van der Waals surface area contributed by atoms with Gasteiger partial charge in [-0.2, -0.15) is 5.26 Å². The van der Waals surface area contributed by atoms with Crippen LogP contribution in [0, 0.1) is 11.3 Å². The Hall–Kier alpha value is -4.03. The van der Waals surface area contributed by atoms with Gasteiger partial charge < -0.3 is 25.3 Å². The van der Waals surface area contributed by atoms with Gasteiger partial charge >= 0.3 is 6.09 Å². The molecule has 8 nitrogen and oxygen atoms in total. The van der Waals surface area contributed by atoms with E-state index >= 15 is 0 Å². The molecule has 1 amide bonds. The molecule has 188 valence electrons. The minimum atomic E-state index is -0.747. The molecule has 1 aliphatic rings. The van der Waals surface area contributed by atoms with Crippen molar-refractivity contribution in [3.05, 3.63) is 94.1 Å². The molecule has 5 rings (SSSR count). The van der Waals surface area contributed by atoms with Gasteiger partial charge in [0.1, 0.15) is 30.3 Å². The van der Waals surface area contributed by atoms with Crippen molar-refractivity contribution in [2.45, 2.75) is 18.6 Å². The third kappa shape index (κ3) is 5.11. The third-order valence-corrected chi connectivity index (χ3v) is 6.67. The first-order chi connectivity index (χ1) is 18.0. The summed E-state index contributed by atoms with van der Waals surface area (Å²) in [4.78, 5) is 18.6. The van der Waals surface area contributed by atoms with Crippen LogP contribution >= 0.6 is 11.6 Å². The average molecular weight is 517 g/mol. The molecule has 4 N–H and O–H groups in total. The molecule has 4 aromatic rings. The predicted octanol–water partition coefficient (Wildman–Crippen LogP) is 4.54. The van der Waals surface area contributed by atoms with Gasteiger partial charge in [-0.15, -0.1) is 0 Å². The van der Waals surface area contributed by atoms with Gasteiger partial charge in [0.15, 0.2) is 0 Å². The summed E-state index contributed by atoms with van der Waals surface area (Å²) in [6, 6.07) is 21.3. The van der Waals surface area contributed by atoms with Crippen LogP contribution in [0.5, 0.6) is 11.5 Å². The van der Waals surface area contributed by atoms with E-state index in [4.69, 9.17) is 26.8 Å². The Bertz CT molecular complexity index is 1460. The van der Waals surface area contributed by atoms with E-state index < -0.39 is 18.2 Å². The molecular weight excluding hydrogens is 492 g/mol. The van der Waals surface area contributed by atoms with Crippen molar-refractivity contribution >= 4 is 28.6 Å². The minimum absolute atomic E-state index is 0.0895. The number of aliphatic hydroxyl groups is 1. The van der Waals surface area contributed by atoms with Crippen LogP contribution in [0.1, 0.15) is 28.4 Å². The van der Waals surface area contributed by atoms with E-state index in [-0.39, 0.29) is 13.2 Å². The fraction of sp³-hybridized carbons (Fsp3) is 0.214. The molecule has 3 aromatic carbocycles. The summed E-state index contributed by atoms with van der Waals surface area (Å²) < 4.78 is 11.3. The van der Waals surface area contributed by atoms with Crippen LogP contribution in [0.2, 0.25) is 5.02 Å². The fourth-order valence-corrected chi connectivity index (χ4v) is 4.70. The smallest absolute Gasteiger partial charge is 0.416 e. The number of fused-ring (bicyclic) bond motifs is 3. The van der Waals surface area contributed by atoms with Gasteiger partial charge in [0.05, 0.1) is 11.6 Å². The van der Waals surface area contributed by atoms with Crippen LogP contribution in [0.4, 0.5) is 4.79 Å². The first-order valence-corrected chi connectivity index (χ1v) is 12.2. The van der Waals surface area contributed by atoms with Gasteiger partial charge in [0.25, 0.3) is 0 Å². The second-order valence-electron chi connectivity index (χ2n) is 8.83. The Balaban J connectivity index is 1.51. The molecule has 2 atom stereocenters. The molecule has 2 heterocycles. The zero-order valence-corrected chi connectivity index (χ0v) is 20.6. The summed E-state index contributed by atoms with van der Waals surface area (Å²) in [7, 11) is 0. The number of nitrogens with one attached hydrogen (secondary N) is 1. The topological polar surface area (TPSA) is 125 Å². The monoisotopic (exact) mass is 516 g/mol. The second-order valence-corrected chi connectivity index (χ2v) is 9.26. The molecule has 1 aromatic heterocycles. The SMILES string of the molecule is N#Cc1ccc2[nH]c3c(c2c1)CCN(C(=O)Oc1ccc(Cl)cc1)C3c1ccc(OCC(O)CN)cc1. The summed E-state index contributed by atoms with van der Waals surface area (Å²) in [5.41, 5.74) is 9.73. The lowest BCUT2D eigenvalue weighted by Crippen LogP contribution is -2.42. The van der Waals surface area contributed by atoms with E-state index in [0.717, 1.165) is 27.7 Å². The maximum Gasteiger partial charge on any atom is 0.416 e. The van der Waals surface area contributed by atoms with Crippen LogP contribution in [0.25, 0.3) is 10.9 Å². The Morgan fingerprint density at radius 3 is 2.59 bits per heavy atom. The molecule has 0 radical (unpaired) electrons. The van der Waals surface area contributed by atoms with Crippen LogP contribution in [-0.2, 0) is 6.42 Å². The molecular formula is C28H25ClN4O4. The fourth-order valence-electron chi connectivity index (χ4n) is 4.57. The number of H-pyrrole nitrogens is 1. The third-order valence-electron chi connectivity index (χ3n) is 6.42. The lowest BCUT2D eigenvalue weighted by Gasteiger charge is -2.35. The number of hydrogen-bond donors (Lipinski definition) is 3. The second kappa shape index (κ2) is 10.5. The summed E-state index contributed by atoms with van der Waals surface area (Å²) >= 11 is 5.97. The zero-order chi connectivity index (χ0) is 25.9. The normalized spacial score (nSPS) is 15.6. The van der Waals surface area contributed by atoms with E-state index in [0.29, 0.717) is 35.1 Å². The zero-order valence-electron chi connectivity index (χ0n) is 19.9. The van der Waals surface area contributed by atoms with E-state index in [9.17, 15) is 15.2 Å². The summed E-state index contributed by atoms with van der Waals surface area (Å²) in [5, 5.41) is 20.6. The number of aliphatic hydroxyl groups excluding tert-OH is 1. The molecule has 1 aliphatic heterocycles. The molecule has 0 fully saturated rings. The number of nitriles is 1. The van der Waals surface area contributed by atoms with E-state index in [2.05, 4.69) is 11.1 Å². The molecule has 37 heavy (non-hydrogen) atoms. The van der Waals surface area contributed by atoms with Crippen molar-refractivity contribution < 1.29 is 19.4 Å². The summed E-state index contributed by atoms with van der Waals surface area (Å²) in [5.74, 6) is 0.981. The van der Waals surface area contributed by atoms with Crippen molar-refractivity contribution in [2.24, 2.45) is 5.73 Å². The number of carbonyl (C=O) groups is 1. The predicted molar refractivity (Wildman–Crippen MR) is 140 cm³/mol. The highest BCUT2D eigenvalue weighted by Gasteiger charge is 2.35. The lowest BCUT2D eigenvalue weighted by atomic mass is 9.92. The van der Waals surface area contributed by atoms with E-state index in [1.54, 1.807) is 47.4 Å². The number of ether oxygens (including phenoxy) is 2. The summed E-state index contributed by atoms with van der Waals surface area (Å²) in [6.45, 7) is 0.627. The highest BCUT2D eigenvalue weighted by molar-refractivity contribution is 6.30. The molecule has 0 spiro atoms. The van der Waals surface area contributed by atoms with Crippen molar-refractivity contribution in [1.82, 2.24) is 9.88 Å². The largest absolute Gasteiger partial charge is 0.491 e. The highest BCUT2D eigenvalue weighted by Crippen LogP contribution is 2.39. The van der Waals surface area contributed by atoms with Crippen molar-refractivity contribution in [3.8, 4) is 17.6 Å². The lowest BCUT2D eigenvalue weighted by molar-refractivity contribution is 0.114. The quantitative estimate of drug-likeness (QED) is 0.345. The van der Waals surface area contributed by atoms with Gasteiger partial charge in [-0.05, 0) is 72.1 Å². The first-order valence-electron chi connectivity index (χ1n) is 11.9. The number of nitrogens with zero attached hydrogens (tertiary/aromatic N) is 2. The number of hydrogen-bond acceptors (Lipinski definition) is 6. The molecule has 2 unspecified atom stereocenters. The maximum atomic E-state index is 13.4. The van der Waals surface area contributed by atoms with Crippen LogP contribution in [0.3, 0.4) is 0 Å². The van der Waals surface area contributed by atoms with E-state index in [1.165, 1.54) is 0 Å². The average Bonchev–Trinajstić information content (AvgIpc) is 3.30. The Labute approximate surface area is 218 Å². The first kappa shape index (κ1) is 24.7. The molecule has 0 saturated heterocycles. The van der Waals surface area contributed by atoms with Crippen LogP contribution in [0.15, 0.2) is 66.7 Å². The number of aromatic amines is 1. The van der Waals surface area contributed by atoms with Gasteiger partial charge in [-0.1, -0.05) is 23.7 Å². The molecule has 0 bridgehead atoms. The Kier molecular flexibility index (Phi) is 7.01. The molecule has 9 heteroatoms. The van der Waals surface area contributed by atoms with Gasteiger partial charge in [0.2, 0.25) is 0 Å². The minimum Gasteiger partial charge on any atom is -0.491 e. The van der Waals surface area contributed by atoms with Crippen LogP contribution in [-0.4, -0.2) is 46.9 Å². The van der Waals surface area contributed by atoms with Gasteiger partial charge in [0, 0.05) is 34.7 Å². The van der Waals surface area contributed by atoms with E-state index in [1.807, 2.05) is 24.3 Å². The van der Waals surface area contributed by atoms with Crippen molar-refractivity contribution in [3.63, 3.8) is 0 Å². The summed E-state index contributed by atoms with van der Waals surface area (Å²) in [6.07, 6.45) is -0.627. The molecule has 0 saturated carbocycles. The van der Waals surface area contributed by atoms with Crippen molar-refractivity contribution in [2.75, 3.05) is 19.7 Å². The number of amides is 1. The maximum absolute atomic E-state index is 13.4. The number of halogens is 1. The van der Waals surface area contributed by atoms with Gasteiger partial charge in [-0.25, -0.2) is 4.79 Å². The Morgan fingerprint density at radius 1 is 1.16 bits per heavy atom. The van der Waals surface area contributed by atoms with Gasteiger partial charge in [-0.3, -0.25) is 4.90 Å². The molecule has 0 aliphatic carbocycles. The number of carbonyl (C=O) groups excluding carboxylic acids is 1. The highest BCUT2D eigenvalue weighted by atomic mass is 35.5. The Morgan fingerprint density at radius 2 is 1.89 bits per heavy atom. The van der Waals surface area contributed by atoms with Crippen LogP contribution < -0.4 is 15.2 Å².